The summed E-state index contributed by atoms with van der Waals surface area (Å²) >= 11 is 6.20. The molecule has 1 saturated heterocycles. The van der Waals surface area contributed by atoms with Crippen molar-refractivity contribution in [2.75, 3.05) is 6.54 Å². The number of rotatable bonds is 6. The molecule has 2 heterocycles. The van der Waals surface area contributed by atoms with Crippen LogP contribution in [-0.4, -0.2) is 50.3 Å². The van der Waals surface area contributed by atoms with Crippen molar-refractivity contribution in [1.29, 1.82) is 0 Å². The number of carbonyl (C=O) groups is 3. The summed E-state index contributed by atoms with van der Waals surface area (Å²) in [4.78, 5) is 41.6. The lowest BCUT2D eigenvalue weighted by molar-refractivity contribution is -0.148. The minimum atomic E-state index is -0.334. The zero-order valence-electron chi connectivity index (χ0n) is 17.8. The Balaban J connectivity index is 1.30. The van der Waals surface area contributed by atoms with Crippen LogP contribution in [0.15, 0.2) is 40.8 Å². The van der Waals surface area contributed by atoms with E-state index in [-0.39, 0.29) is 72.3 Å². The Hall–Kier alpha value is -3.00. The fraction of sp³-hybridized carbons (Fsp3) is 0.435. The van der Waals surface area contributed by atoms with E-state index in [1.165, 1.54) is 4.90 Å². The molecule has 2 bridgehead atoms. The summed E-state index contributed by atoms with van der Waals surface area (Å²) in [6, 6.07) is 6.93. The van der Waals surface area contributed by atoms with Crippen LogP contribution in [0.1, 0.15) is 26.2 Å². The molecule has 32 heavy (non-hydrogen) atoms. The minimum Gasteiger partial charge on any atom is -0.419 e. The molecule has 4 atom stereocenters. The number of hydrogen-bond acceptors (Lipinski definition) is 6. The third kappa shape index (κ3) is 3.33. The van der Waals surface area contributed by atoms with Gasteiger partial charge in [0.1, 0.15) is 6.54 Å². The van der Waals surface area contributed by atoms with E-state index in [1.807, 2.05) is 32.1 Å². The van der Waals surface area contributed by atoms with Crippen molar-refractivity contribution in [2.24, 2.45) is 23.7 Å². The Bertz CT molecular complexity index is 1100. The molecule has 9 heteroatoms. The zero-order chi connectivity index (χ0) is 22.6. The van der Waals surface area contributed by atoms with Crippen LogP contribution in [0.5, 0.6) is 0 Å². The molecule has 1 saturated carbocycles. The molecule has 1 aromatic heterocycles. The number of halogens is 1. The first kappa shape index (κ1) is 20.9. The lowest BCUT2D eigenvalue weighted by atomic mass is 9.85. The third-order valence-corrected chi connectivity index (χ3v) is 7.01. The number of aromatic nitrogens is 2. The van der Waals surface area contributed by atoms with Crippen molar-refractivity contribution < 1.29 is 18.8 Å². The van der Waals surface area contributed by atoms with Gasteiger partial charge in [0, 0.05) is 6.04 Å². The first-order valence-electron chi connectivity index (χ1n) is 10.8. The van der Waals surface area contributed by atoms with E-state index in [9.17, 15) is 14.4 Å². The molecular weight excluding hydrogens is 432 g/mol. The summed E-state index contributed by atoms with van der Waals surface area (Å²) in [6.45, 7) is 3.52. The van der Waals surface area contributed by atoms with Crippen LogP contribution in [0.2, 0.25) is 5.02 Å². The van der Waals surface area contributed by atoms with Gasteiger partial charge in [-0.25, -0.2) is 0 Å². The number of benzene rings is 1. The standard InChI is InChI=1S/C23H23ClN4O4/c1-12(2)27(10-17-25-26-21(32-17)15-5-3-4-6-16(15)24)18(29)11-28-22(30)19-13-7-8-14(9-13)20(19)23(28)31/h3-8,12-14,19-20H,9-11H2,1-2H3. The van der Waals surface area contributed by atoms with E-state index in [2.05, 4.69) is 10.2 Å². The summed E-state index contributed by atoms with van der Waals surface area (Å²) in [5.41, 5.74) is 0.610. The summed E-state index contributed by atoms with van der Waals surface area (Å²) in [5.74, 6) is -0.671. The largest absolute Gasteiger partial charge is 0.419 e. The van der Waals surface area contributed by atoms with Crippen LogP contribution in [0, 0.1) is 23.7 Å². The van der Waals surface area contributed by atoms with Gasteiger partial charge in [-0.3, -0.25) is 19.3 Å². The highest BCUT2D eigenvalue weighted by atomic mass is 35.5. The second kappa shape index (κ2) is 7.85. The summed E-state index contributed by atoms with van der Waals surface area (Å²) < 4.78 is 5.73. The minimum absolute atomic E-state index is 0.0733. The molecule has 5 rings (SSSR count). The maximum atomic E-state index is 13.1. The monoisotopic (exact) mass is 454 g/mol. The molecule has 2 aliphatic carbocycles. The topological polar surface area (TPSA) is 96.6 Å². The number of amides is 3. The third-order valence-electron chi connectivity index (χ3n) is 6.68. The number of hydrogen-bond donors (Lipinski definition) is 0. The van der Waals surface area contributed by atoms with E-state index in [4.69, 9.17) is 16.0 Å². The van der Waals surface area contributed by atoms with E-state index < -0.39 is 0 Å². The normalized spacial score (nSPS) is 25.8. The van der Waals surface area contributed by atoms with Gasteiger partial charge in [-0.15, -0.1) is 10.2 Å². The average Bonchev–Trinajstić information content (AvgIpc) is 3.53. The fourth-order valence-electron chi connectivity index (χ4n) is 5.11. The predicted molar refractivity (Wildman–Crippen MR) is 115 cm³/mol. The second-order valence-corrected chi connectivity index (χ2v) is 9.27. The molecule has 4 unspecified atom stereocenters. The average molecular weight is 455 g/mol. The van der Waals surface area contributed by atoms with Crippen LogP contribution < -0.4 is 0 Å². The van der Waals surface area contributed by atoms with Crippen LogP contribution in [0.3, 0.4) is 0 Å². The molecule has 2 aromatic rings. The van der Waals surface area contributed by atoms with Crippen molar-refractivity contribution in [3.63, 3.8) is 0 Å². The molecule has 0 N–H and O–H groups in total. The number of imide groups is 1. The molecule has 3 aliphatic rings. The lowest BCUT2D eigenvalue weighted by Gasteiger charge is -2.27. The quantitative estimate of drug-likeness (QED) is 0.491. The Kier molecular flexibility index (Phi) is 5.12. The molecule has 0 radical (unpaired) electrons. The van der Waals surface area contributed by atoms with Crippen molar-refractivity contribution >= 4 is 29.3 Å². The van der Waals surface area contributed by atoms with E-state index in [0.717, 1.165) is 11.3 Å². The van der Waals surface area contributed by atoms with Crippen LogP contribution in [-0.2, 0) is 20.9 Å². The fourth-order valence-corrected chi connectivity index (χ4v) is 5.33. The van der Waals surface area contributed by atoms with Crippen LogP contribution in [0.25, 0.3) is 11.5 Å². The zero-order valence-corrected chi connectivity index (χ0v) is 18.5. The predicted octanol–water partition coefficient (Wildman–Crippen LogP) is 2.93. The molecule has 8 nitrogen and oxygen atoms in total. The Morgan fingerprint density at radius 3 is 2.44 bits per heavy atom. The first-order valence-corrected chi connectivity index (χ1v) is 11.1. The molecule has 1 aromatic carbocycles. The highest BCUT2D eigenvalue weighted by Crippen LogP contribution is 2.52. The lowest BCUT2D eigenvalue weighted by Crippen LogP contribution is -2.46. The van der Waals surface area contributed by atoms with Crippen LogP contribution >= 0.6 is 11.6 Å². The maximum Gasteiger partial charge on any atom is 0.249 e. The van der Waals surface area contributed by atoms with Crippen molar-refractivity contribution in [3.8, 4) is 11.5 Å². The van der Waals surface area contributed by atoms with Crippen molar-refractivity contribution in [1.82, 2.24) is 20.0 Å². The van der Waals surface area contributed by atoms with Gasteiger partial charge >= 0.3 is 0 Å². The maximum absolute atomic E-state index is 13.1. The number of likely N-dealkylation sites (tertiary alicyclic amines) is 1. The number of allylic oxidation sites excluding steroid dienone is 2. The highest BCUT2D eigenvalue weighted by molar-refractivity contribution is 6.33. The van der Waals surface area contributed by atoms with E-state index >= 15 is 0 Å². The molecule has 2 fully saturated rings. The molecule has 3 amide bonds. The summed E-state index contributed by atoms with van der Waals surface area (Å²) in [7, 11) is 0. The molecular formula is C23H23ClN4O4. The Morgan fingerprint density at radius 1 is 1.16 bits per heavy atom. The highest BCUT2D eigenvalue weighted by Gasteiger charge is 2.59. The molecule has 1 aliphatic heterocycles. The number of fused-ring (bicyclic) bond motifs is 5. The SMILES string of the molecule is CC(C)N(Cc1nnc(-c2ccccc2Cl)o1)C(=O)CN1C(=O)C2C3C=CC(C3)C2C1=O. The van der Waals surface area contributed by atoms with Gasteiger partial charge in [-0.2, -0.15) is 0 Å². The van der Waals surface area contributed by atoms with Gasteiger partial charge in [-0.1, -0.05) is 35.9 Å². The summed E-state index contributed by atoms with van der Waals surface area (Å²) in [5, 5.41) is 8.58. The number of carbonyl (C=O) groups excluding carboxylic acids is 3. The Labute approximate surface area is 190 Å². The van der Waals surface area contributed by atoms with Gasteiger partial charge in [0.15, 0.2) is 0 Å². The van der Waals surface area contributed by atoms with Gasteiger partial charge in [-0.05, 0) is 44.2 Å². The van der Waals surface area contributed by atoms with Crippen molar-refractivity contribution in [2.45, 2.75) is 32.9 Å². The van der Waals surface area contributed by atoms with Crippen molar-refractivity contribution in [3.05, 3.63) is 47.3 Å². The Morgan fingerprint density at radius 2 is 1.81 bits per heavy atom. The number of nitrogens with zero attached hydrogens (tertiary/aromatic N) is 4. The van der Waals surface area contributed by atoms with Crippen LogP contribution in [0.4, 0.5) is 0 Å². The second-order valence-electron chi connectivity index (χ2n) is 8.86. The smallest absolute Gasteiger partial charge is 0.249 e. The van der Waals surface area contributed by atoms with Gasteiger partial charge < -0.3 is 9.32 Å². The van der Waals surface area contributed by atoms with E-state index in [1.54, 1.807) is 18.2 Å². The van der Waals surface area contributed by atoms with Gasteiger partial charge in [0.05, 0.1) is 29.0 Å². The summed E-state index contributed by atoms with van der Waals surface area (Å²) in [6.07, 6.45) is 4.93. The van der Waals surface area contributed by atoms with Gasteiger partial charge in [0.2, 0.25) is 29.5 Å². The first-order chi connectivity index (χ1) is 15.3. The molecule has 166 valence electrons. The molecule has 0 spiro atoms. The van der Waals surface area contributed by atoms with E-state index in [0.29, 0.717) is 10.6 Å². The van der Waals surface area contributed by atoms with Gasteiger partial charge in [0.25, 0.3) is 0 Å².